The van der Waals surface area contributed by atoms with Crippen LogP contribution in [0.2, 0.25) is 10.0 Å². The maximum Gasteiger partial charge on any atom is 0.134 e. The summed E-state index contributed by atoms with van der Waals surface area (Å²) >= 11 is 12.1. The average Bonchev–Trinajstić information content (AvgIpc) is 2.83. The predicted molar refractivity (Wildman–Crippen MR) is 78.7 cm³/mol. The van der Waals surface area contributed by atoms with Crippen LogP contribution in [-0.2, 0) is 0 Å². The molecule has 1 atom stereocenters. The van der Waals surface area contributed by atoms with E-state index in [1.54, 1.807) is 30.3 Å². The molecule has 5 heteroatoms. The van der Waals surface area contributed by atoms with E-state index >= 15 is 0 Å². The second-order valence-electron chi connectivity index (χ2n) is 4.47. The molecule has 0 fully saturated rings. The van der Waals surface area contributed by atoms with Crippen molar-refractivity contribution in [3.05, 3.63) is 69.7 Å². The average molecular weight is 310 g/mol. The van der Waals surface area contributed by atoms with E-state index in [4.69, 9.17) is 33.4 Å². The third-order valence-corrected chi connectivity index (χ3v) is 3.68. The molecule has 0 radical (unpaired) electrons. The number of halogens is 3. The standard InChI is InChI=1S/C15H10Cl2FNO/c16-9-1-3-12(17)11(7-9)15(19)14-6-8-5-10(18)2-4-13(8)20-14/h1-7,15H,19H2. The topological polar surface area (TPSA) is 39.2 Å². The summed E-state index contributed by atoms with van der Waals surface area (Å²) in [6, 6.07) is 10.5. The molecular formula is C15H10Cl2FNO. The first-order chi connectivity index (χ1) is 9.54. The fourth-order valence-corrected chi connectivity index (χ4v) is 2.51. The lowest BCUT2D eigenvalue weighted by Gasteiger charge is -2.11. The third-order valence-electron chi connectivity index (χ3n) is 3.10. The zero-order valence-corrected chi connectivity index (χ0v) is 11.8. The van der Waals surface area contributed by atoms with Crippen molar-refractivity contribution in [3.63, 3.8) is 0 Å². The first-order valence-corrected chi connectivity index (χ1v) is 6.70. The van der Waals surface area contributed by atoms with Crippen LogP contribution in [0.3, 0.4) is 0 Å². The van der Waals surface area contributed by atoms with Gasteiger partial charge in [-0.05, 0) is 48.0 Å². The molecule has 1 heterocycles. The Kier molecular flexibility index (Phi) is 3.42. The van der Waals surface area contributed by atoms with Crippen LogP contribution < -0.4 is 5.73 Å². The number of benzene rings is 2. The van der Waals surface area contributed by atoms with Crippen LogP contribution in [0.15, 0.2) is 46.9 Å². The van der Waals surface area contributed by atoms with Gasteiger partial charge in [0.05, 0.1) is 6.04 Å². The molecule has 2 N–H and O–H groups in total. The van der Waals surface area contributed by atoms with Gasteiger partial charge in [-0.1, -0.05) is 23.2 Å². The van der Waals surface area contributed by atoms with E-state index in [0.717, 1.165) is 0 Å². The summed E-state index contributed by atoms with van der Waals surface area (Å²) in [7, 11) is 0. The van der Waals surface area contributed by atoms with E-state index in [2.05, 4.69) is 0 Å². The van der Waals surface area contributed by atoms with Gasteiger partial charge < -0.3 is 10.2 Å². The van der Waals surface area contributed by atoms with Crippen LogP contribution >= 0.6 is 23.2 Å². The van der Waals surface area contributed by atoms with Crippen molar-refractivity contribution in [3.8, 4) is 0 Å². The highest BCUT2D eigenvalue weighted by molar-refractivity contribution is 6.33. The first kappa shape index (κ1) is 13.4. The number of hydrogen-bond acceptors (Lipinski definition) is 2. The van der Waals surface area contributed by atoms with Gasteiger partial charge in [-0.15, -0.1) is 0 Å². The molecule has 0 aliphatic carbocycles. The van der Waals surface area contributed by atoms with Crippen molar-refractivity contribution in [2.75, 3.05) is 0 Å². The van der Waals surface area contributed by atoms with Crippen molar-refractivity contribution in [2.24, 2.45) is 5.73 Å². The van der Waals surface area contributed by atoms with E-state index < -0.39 is 6.04 Å². The van der Waals surface area contributed by atoms with Crippen molar-refractivity contribution in [1.29, 1.82) is 0 Å². The molecule has 1 aromatic heterocycles. The molecule has 0 aliphatic rings. The molecule has 3 aromatic rings. The Morgan fingerprint density at radius 2 is 1.85 bits per heavy atom. The quantitative estimate of drug-likeness (QED) is 0.729. The Bertz CT molecular complexity index is 785. The summed E-state index contributed by atoms with van der Waals surface area (Å²) in [5.74, 6) is 0.189. The largest absolute Gasteiger partial charge is 0.459 e. The minimum absolute atomic E-state index is 0.320. The molecular weight excluding hydrogens is 300 g/mol. The van der Waals surface area contributed by atoms with E-state index in [1.807, 2.05) is 0 Å². The number of nitrogens with two attached hydrogens (primary N) is 1. The van der Waals surface area contributed by atoms with Crippen LogP contribution in [-0.4, -0.2) is 0 Å². The molecule has 2 nitrogen and oxygen atoms in total. The summed E-state index contributed by atoms with van der Waals surface area (Å²) < 4.78 is 18.8. The zero-order valence-electron chi connectivity index (χ0n) is 10.2. The normalized spacial score (nSPS) is 12.8. The molecule has 2 aromatic carbocycles. The Balaban J connectivity index is 2.07. The van der Waals surface area contributed by atoms with Gasteiger partial charge in [0.1, 0.15) is 17.2 Å². The van der Waals surface area contributed by atoms with Crippen LogP contribution in [0.25, 0.3) is 11.0 Å². The Labute approximate surface area is 124 Å². The molecule has 0 saturated carbocycles. The van der Waals surface area contributed by atoms with E-state index in [0.29, 0.717) is 32.3 Å². The van der Waals surface area contributed by atoms with E-state index in [-0.39, 0.29) is 5.82 Å². The van der Waals surface area contributed by atoms with Gasteiger partial charge in [-0.3, -0.25) is 0 Å². The molecule has 0 amide bonds. The lowest BCUT2D eigenvalue weighted by atomic mass is 10.1. The number of furan rings is 1. The minimum Gasteiger partial charge on any atom is -0.459 e. The smallest absolute Gasteiger partial charge is 0.134 e. The Hall–Kier alpha value is -1.55. The second kappa shape index (κ2) is 5.09. The van der Waals surface area contributed by atoms with Crippen LogP contribution in [0.4, 0.5) is 4.39 Å². The maximum absolute atomic E-state index is 13.2. The van der Waals surface area contributed by atoms with Crippen LogP contribution in [0, 0.1) is 5.82 Å². The Morgan fingerprint density at radius 1 is 1.05 bits per heavy atom. The summed E-state index contributed by atoms with van der Waals surface area (Å²) in [5, 5.41) is 1.71. The van der Waals surface area contributed by atoms with Gasteiger partial charge in [-0.2, -0.15) is 0 Å². The molecule has 0 aliphatic heterocycles. The highest BCUT2D eigenvalue weighted by Crippen LogP contribution is 2.32. The SMILES string of the molecule is NC(c1cc2cc(F)ccc2o1)c1cc(Cl)ccc1Cl. The van der Waals surface area contributed by atoms with Gasteiger partial charge in [0.2, 0.25) is 0 Å². The zero-order chi connectivity index (χ0) is 14.3. The third kappa shape index (κ3) is 2.40. The maximum atomic E-state index is 13.2. The highest BCUT2D eigenvalue weighted by Gasteiger charge is 2.17. The lowest BCUT2D eigenvalue weighted by Crippen LogP contribution is -2.11. The molecule has 102 valence electrons. The molecule has 0 saturated heterocycles. The van der Waals surface area contributed by atoms with Gasteiger partial charge >= 0.3 is 0 Å². The highest BCUT2D eigenvalue weighted by atomic mass is 35.5. The molecule has 3 rings (SSSR count). The number of hydrogen-bond donors (Lipinski definition) is 1. The second-order valence-corrected chi connectivity index (χ2v) is 5.32. The van der Waals surface area contributed by atoms with Crippen LogP contribution in [0.5, 0.6) is 0 Å². The predicted octanol–water partition coefficient (Wildman–Crippen LogP) is 4.93. The fraction of sp³-hybridized carbons (Fsp3) is 0.0667. The summed E-state index contributed by atoms with van der Waals surface area (Å²) in [6.45, 7) is 0. The monoisotopic (exact) mass is 309 g/mol. The van der Waals surface area contributed by atoms with Crippen molar-refractivity contribution in [1.82, 2.24) is 0 Å². The molecule has 20 heavy (non-hydrogen) atoms. The summed E-state index contributed by atoms with van der Waals surface area (Å²) in [5.41, 5.74) is 7.40. The molecule has 1 unspecified atom stereocenters. The van der Waals surface area contributed by atoms with Gasteiger partial charge in [0, 0.05) is 15.4 Å². The fourth-order valence-electron chi connectivity index (χ4n) is 2.09. The van der Waals surface area contributed by atoms with Crippen molar-refractivity contribution in [2.45, 2.75) is 6.04 Å². The van der Waals surface area contributed by atoms with E-state index in [1.165, 1.54) is 12.1 Å². The van der Waals surface area contributed by atoms with Crippen molar-refractivity contribution < 1.29 is 8.81 Å². The summed E-state index contributed by atoms with van der Waals surface area (Å²) in [4.78, 5) is 0. The molecule has 0 bridgehead atoms. The van der Waals surface area contributed by atoms with Gasteiger partial charge in [-0.25, -0.2) is 4.39 Å². The van der Waals surface area contributed by atoms with E-state index in [9.17, 15) is 4.39 Å². The molecule has 0 spiro atoms. The van der Waals surface area contributed by atoms with Crippen molar-refractivity contribution >= 4 is 34.2 Å². The van der Waals surface area contributed by atoms with Gasteiger partial charge in [0.25, 0.3) is 0 Å². The van der Waals surface area contributed by atoms with Gasteiger partial charge in [0.15, 0.2) is 0 Å². The lowest BCUT2D eigenvalue weighted by molar-refractivity contribution is 0.524. The Morgan fingerprint density at radius 3 is 2.65 bits per heavy atom. The first-order valence-electron chi connectivity index (χ1n) is 5.94. The van der Waals surface area contributed by atoms with Crippen LogP contribution in [0.1, 0.15) is 17.4 Å². The number of fused-ring (bicyclic) bond motifs is 1. The minimum atomic E-state index is -0.559. The summed E-state index contributed by atoms with van der Waals surface area (Å²) in [6.07, 6.45) is 0. The number of rotatable bonds is 2.